The van der Waals surface area contributed by atoms with E-state index in [0.717, 1.165) is 5.92 Å². The van der Waals surface area contributed by atoms with E-state index in [9.17, 15) is 0 Å². The van der Waals surface area contributed by atoms with Crippen molar-refractivity contribution in [3.8, 4) is 0 Å². The molecule has 0 aromatic rings. The maximum Gasteiger partial charge on any atom is -0.0318 e. The van der Waals surface area contributed by atoms with Crippen LogP contribution >= 0.6 is 0 Å². The summed E-state index contributed by atoms with van der Waals surface area (Å²) < 4.78 is 0. The normalized spacial score (nSPS) is 15.8. The van der Waals surface area contributed by atoms with Crippen LogP contribution in [0.3, 0.4) is 0 Å². The standard InChI is InChI=1S/C12H24/c1-6-10(3)8-9-12(5)11(4)7-2/h10H,6-9H2,1-5H3. The second kappa shape index (κ2) is 6.28. The molecule has 0 aliphatic rings. The first kappa shape index (κ1) is 11.7. The van der Waals surface area contributed by atoms with E-state index < -0.39 is 0 Å². The fourth-order valence-corrected chi connectivity index (χ4v) is 1.18. The lowest BCUT2D eigenvalue weighted by molar-refractivity contribution is 0.514. The van der Waals surface area contributed by atoms with Gasteiger partial charge in [-0.05, 0) is 39.0 Å². The van der Waals surface area contributed by atoms with Crippen LogP contribution in [0.4, 0.5) is 0 Å². The molecule has 0 saturated heterocycles. The second-order valence-corrected chi connectivity index (χ2v) is 3.97. The molecule has 0 heteroatoms. The summed E-state index contributed by atoms with van der Waals surface area (Å²) >= 11 is 0. The highest BCUT2D eigenvalue weighted by molar-refractivity contribution is 5.08. The number of hydrogen-bond donors (Lipinski definition) is 0. The summed E-state index contributed by atoms with van der Waals surface area (Å²) in [5.41, 5.74) is 3.19. The molecule has 0 aliphatic heterocycles. The molecule has 0 heterocycles. The average molecular weight is 168 g/mol. The Morgan fingerprint density at radius 3 is 2.08 bits per heavy atom. The third kappa shape index (κ3) is 4.58. The first-order valence-corrected chi connectivity index (χ1v) is 5.27. The predicted molar refractivity (Wildman–Crippen MR) is 57.4 cm³/mol. The Morgan fingerprint density at radius 2 is 1.67 bits per heavy atom. The molecule has 0 nitrogen and oxygen atoms in total. The van der Waals surface area contributed by atoms with Crippen molar-refractivity contribution in [2.24, 2.45) is 5.92 Å². The van der Waals surface area contributed by atoms with Crippen LogP contribution < -0.4 is 0 Å². The van der Waals surface area contributed by atoms with Gasteiger partial charge >= 0.3 is 0 Å². The number of allylic oxidation sites excluding steroid dienone is 2. The average Bonchev–Trinajstić information content (AvgIpc) is 2.11. The smallest absolute Gasteiger partial charge is 0.0318 e. The van der Waals surface area contributed by atoms with E-state index in [2.05, 4.69) is 34.6 Å². The van der Waals surface area contributed by atoms with Crippen molar-refractivity contribution in [2.75, 3.05) is 0 Å². The Labute approximate surface area is 78.1 Å². The van der Waals surface area contributed by atoms with Crippen molar-refractivity contribution < 1.29 is 0 Å². The van der Waals surface area contributed by atoms with E-state index in [1.54, 1.807) is 11.1 Å². The van der Waals surface area contributed by atoms with Crippen molar-refractivity contribution in [1.29, 1.82) is 0 Å². The highest BCUT2D eigenvalue weighted by atomic mass is 14.1. The van der Waals surface area contributed by atoms with Gasteiger partial charge in [0.15, 0.2) is 0 Å². The third-order valence-electron chi connectivity index (χ3n) is 2.97. The molecule has 0 aliphatic carbocycles. The zero-order valence-electron chi connectivity index (χ0n) is 9.41. The van der Waals surface area contributed by atoms with Gasteiger partial charge in [0.25, 0.3) is 0 Å². The molecule has 0 aromatic carbocycles. The van der Waals surface area contributed by atoms with Crippen LogP contribution in [0.2, 0.25) is 0 Å². The lowest BCUT2D eigenvalue weighted by Gasteiger charge is -2.10. The summed E-state index contributed by atoms with van der Waals surface area (Å²) in [5.74, 6) is 0.893. The Hall–Kier alpha value is -0.260. The Morgan fingerprint density at radius 1 is 1.08 bits per heavy atom. The van der Waals surface area contributed by atoms with Crippen LogP contribution in [0, 0.1) is 5.92 Å². The van der Waals surface area contributed by atoms with E-state index in [4.69, 9.17) is 0 Å². The summed E-state index contributed by atoms with van der Waals surface area (Å²) in [5, 5.41) is 0. The van der Waals surface area contributed by atoms with Gasteiger partial charge in [0.1, 0.15) is 0 Å². The first-order valence-electron chi connectivity index (χ1n) is 5.27. The molecule has 1 unspecified atom stereocenters. The SMILES string of the molecule is CCC(C)=C(C)CCC(C)CC. The molecule has 72 valence electrons. The van der Waals surface area contributed by atoms with E-state index in [0.29, 0.717) is 0 Å². The molecule has 0 radical (unpaired) electrons. The molecule has 1 atom stereocenters. The summed E-state index contributed by atoms with van der Waals surface area (Å²) in [6.45, 7) is 11.4. The van der Waals surface area contributed by atoms with Gasteiger partial charge in [-0.1, -0.05) is 38.3 Å². The molecular weight excluding hydrogens is 144 g/mol. The maximum atomic E-state index is 2.34. The van der Waals surface area contributed by atoms with Crippen LogP contribution in [0.15, 0.2) is 11.1 Å². The van der Waals surface area contributed by atoms with Crippen LogP contribution in [0.25, 0.3) is 0 Å². The molecule has 0 amide bonds. The Kier molecular flexibility index (Phi) is 6.14. The summed E-state index contributed by atoms with van der Waals surface area (Å²) in [7, 11) is 0. The molecule has 0 rings (SSSR count). The fourth-order valence-electron chi connectivity index (χ4n) is 1.18. The topological polar surface area (TPSA) is 0 Å². The summed E-state index contributed by atoms with van der Waals surface area (Å²) in [4.78, 5) is 0. The van der Waals surface area contributed by atoms with Gasteiger partial charge < -0.3 is 0 Å². The summed E-state index contributed by atoms with van der Waals surface area (Å²) in [6, 6.07) is 0. The Balaban J connectivity index is 3.77. The molecule has 12 heavy (non-hydrogen) atoms. The monoisotopic (exact) mass is 168 g/mol. The van der Waals surface area contributed by atoms with Gasteiger partial charge in [0, 0.05) is 0 Å². The van der Waals surface area contributed by atoms with Gasteiger partial charge in [0.05, 0.1) is 0 Å². The van der Waals surface area contributed by atoms with Crippen LogP contribution in [-0.4, -0.2) is 0 Å². The van der Waals surface area contributed by atoms with Crippen molar-refractivity contribution in [3.63, 3.8) is 0 Å². The van der Waals surface area contributed by atoms with Crippen LogP contribution in [0.1, 0.15) is 60.3 Å². The zero-order chi connectivity index (χ0) is 9.56. The molecule has 0 N–H and O–H groups in total. The van der Waals surface area contributed by atoms with E-state index in [1.807, 2.05) is 0 Å². The highest BCUT2D eigenvalue weighted by Crippen LogP contribution is 2.17. The van der Waals surface area contributed by atoms with Crippen LogP contribution in [0.5, 0.6) is 0 Å². The van der Waals surface area contributed by atoms with Gasteiger partial charge in [-0.2, -0.15) is 0 Å². The van der Waals surface area contributed by atoms with Crippen molar-refractivity contribution in [3.05, 3.63) is 11.1 Å². The van der Waals surface area contributed by atoms with Crippen molar-refractivity contribution in [2.45, 2.75) is 60.3 Å². The quantitative estimate of drug-likeness (QED) is 0.528. The molecule has 0 spiro atoms. The van der Waals surface area contributed by atoms with E-state index in [-0.39, 0.29) is 0 Å². The minimum Gasteiger partial charge on any atom is -0.0747 e. The first-order chi connectivity index (χ1) is 5.61. The molecule has 0 aromatic heterocycles. The van der Waals surface area contributed by atoms with Crippen molar-refractivity contribution in [1.82, 2.24) is 0 Å². The minimum atomic E-state index is 0.893. The second-order valence-electron chi connectivity index (χ2n) is 3.97. The molecular formula is C12H24. The highest BCUT2D eigenvalue weighted by Gasteiger charge is 2.00. The van der Waals surface area contributed by atoms with Crippen molar-refractivity contribution >= 4 is 0 Å². The minimum absolute atomic E-state index is 0.893. The lowest BCUT2D eigenvalue weighted by Crippen LogP contribution is -1.93. The van der Waals surface area contributed by atoms with E-state index in [1.165, 1.54) is 25.7 Å². The molecule has 0 fully saturated rings. The number of rotatable bonds is 5. The van der Waals surface area contributed by atoms with Gasteiger partial charge in [-0.3, -0.25) is 0 Å². The molecule has 0 saturated carbocycles. The van der Waals surface area contributed by atoms with Gasteiger partial charge in [-0.15, -0.1) is 0 Å². The molecule has 0 bridgehead atoms. The lowest BCUT2D eigenvalue weighted by atomic mass is 9.97. The Bertz CT molecular complexity index is 142. The summed E-state index contributed by atoms with van der Waals surface area (Å²) in [6.07, 6.45) is 5.19. The third-order valence-corrected chi connectivity index (χ3v) is 2.97. The zero-order valence-corrected chi connectivity index (χ0v) is 9.41. The van der Waals surface area contributed by atoms with Gasteiger partial charge in [-0.25, -0.2) is 0 Å². The number of hydrogen-bond acceptors (Lipinski definition) is 0. The maximum absolute atomic E-state index is 2.34. The predicted octanol–water partition coefficient (Wildman–Crippen LogP) is 4.56. The van der Waals surface area contributed by atoms with E-state index >= 15 is 0 Å². The van der Waals surface area contributed by atoms with Gasteiger partial charge in [0.2, 0.25) is 0 Å². The van der Waals surface area contributed by atoms with Crippen LogP contribution in [-0.2, 0) is 0 Å². The fraction of sp³-hybridized carbons (Fsp3) is 0.833. The largest absolute Gasteiger partial charge is 0.0747 e.